The van der Waals surface area contributed by atoms with E-state index in [1.54, 1.807) is 24.3 Å². The molecular formula is C11H12N2O3. The fourth-order valence-corrected chi connectivity index (χ4v) is 1.43. The van der Waals surface area contributed by atoms with E-state index in [2.05, 4.69) is 5.32 Å². The molecule has 0 saturated carbocycles. The Morgan fingerprint density at radius 3 is 3.00 bits per heavy atom. The van der Waals surface area contributed by atoms with Crippen molar-refractivity contribution < 1.29 is 14.3 Å². The number of benzene rings is 1. The van der Waals surface area contributed by atoms with E-state index in [1.807, 2.05) is 0 Å². The maximum atomic E-state index is 11.5. The smallest absolute Gasteiger partial charge is 0.287 e. The lowest BCUT2D eigenvalue weighted by atomic mass is 10.2. The van der Waals surface area contributed by atoms with E-state index in [9.17, 15) is 4.79 Å². The van der Waals surface area contributed by atoms with Gasteiger partial charge in [0.25, 0.3) is 5.91 Å². The Morgan fingerprint density at radius 1 is 1.44 bits per heavy atom. The lowest BCUT2D eigenvalue weighted by Gasteiger charge is -1.97. The molecule has 5 nitrogen and oxygen atoms in total. The fourth-order valence-electron chi connectivity index (χ4n) is 1.43. The zero-order chi connectivity index (χ0) is 11.5. The first kappa shape index (κ1) is 10.5. The predicted molar refractivity (Wildman–Crippen MR) is 60.0 cm³/mol. The van der Waals surface area contributed by atoms with Crippen molar-refractivity contribution in [3.8, 4) is 0 Å². The van der Waals surface area contributed by atoms with Crippen molar-refractivity contribution in [3.05, 3.63) is 30.0 Å². The molecule has 1 aromatic heterocycles. The molecule has 0 bridgehead atoms. The number of aliphatic hydroxyl groups is 1. The van der Waals surface area contributed by atoms with Gasteiger partial charge in [-0.15, -0.1) is 0 Å². The van der Waals surface area contributed by atoms with Gasteiger partial charge >= 0.3 is 0 Å². The van der Waals surface area contributed by atoms with Crippen LogP contribution in [0, 0.1) is 0 Å². The minimum Gasteiger partial charge on any atom is -0.451 e. The third-order valence-corrected chi connectivity index (χ3v) is 2.16. The van der Waals surface area contributed by atoms with Gasteiger partial charge in [-0.1, -0.05) is 0 Å². The average Bonchev–Trinajstić information content (AvgIpc) is 2.68. The molecule has 0 unspecified atom stereocenters. The van der Waals surface area contributed by atoms with Crippen LogP contribution >= 0.6 is 0 Å². The van der Waals surface area contributed by atoms with Crippen molar-refractivity contribution in [2.24, 2.45) is 0 Å². The number of carbonyl (C=O) groups is 1. The van der Waals surface area contributed by atoms with Crippen LogP contribution in [0.15, 0.2) is 28.7 Å². The van der Waals surface area contributed by atoms with E-state index in [0.29, 0.717) is 11.3 Å². The Labute approximate surface area is 91.8 Å². The summed E-state index contributed by atoms with van der Waals surface area (Å²) in [5.41, 5.74) is 6.85. The second kappa shape index (κ2) is 4.24. The minimum atomic E-state index is -0.344. The number of nitrogens with two attached hydrogens (primary N) is 1. The molecule has 0 aliphatic heterocycles. The van der Waals surface area contributed by atoms with E-state index >= 15 is 0 Å². The Bertz CT molecular complexity index is 519. The number of fused-ring (bicyclic) bond motifs is 1. The largest absolute Gasteiger partial charge is 0.451 e. The van der Waals surface area contributed by atoms with Gasteiger partial charge in [-0.05, 0) is 24.3 Å². The first-order chi connectivity index (χ1) is 7.70. The molecule has 1 heterocycles. The maximum Gasteiger partial charge on any atom is 0.287 e. The molecule has 84 valence electrons. The predicted octanol–water partition coefficient (Wildman–Crippen LogP) is 0.737. The summed E-state index contributed by atoms with van der Waals surface area (Å²) in [4.78, 5) is 11.5. The maximum absolute atomic E-state index is 11.5. The second-order valence-electron chi connectivity index (χ2n) is 3.39. The molecule has 0 saturated heterocycles. The van der Waals surface area contributed by atoms with Crippen LogP contribution in [-0.4, -0.2) is 24.2 Å². The number of nitrogens with one attached hydrogen (secondary N) is 1. The number of hydrogen-bond acceptors (Lipinski definition) is 4. The third-order valence-electron chi connectivity index (χ3n) is 2.16. The molecule has 0 atom stereocenters. The van der Waals surface area contributed by atoms with Gasteiger partial charge in [0, 0.05) is 17.6 Å². The fraction of sp³-hybridized carbons (Fsp3) is 0.182. The zero-order valence-electron chi connectivity index (χ0n) is 8.56. The zero-order valence-corrected chi connectivity index (χ0v) is 8.56. The van der Waals surface area contributed by atoms with E-state index in [4.69, 9.17) is 15.3 Å². The highest BCUT2D eigenvalue weighted by atomic mass is 16.3. The third kappa shape index (κ3) is 1.99. The Hall–Kier alpha value is -2.01. The van der Waals surface area contributed by atoms with Crippen LogP contribution in [0.5, 0.6) is 0 Å². The number of anilines is 1. The number of amides is 1. The summed E-state index contributed by atoms with van der Waals surface area (Å²) in [6.45, 7) is 0.108. The van der Waals surface area contributed by atoms with Crippen molar-refractivity contribution >= 4 is 22.6 Å². The normalized spacial score (nSPS) is 10.6. The summed E-state index contributed by atoms with van der Waals surface area (Å²) >= 11 is 0. The van der Waals surface area contributed by atoms with Crippen LogP contribution in [-0.2, 0) is 0 Å². The van der Waals surface area contributed by atoms with Crippen LogP contribution in [0.2, 0.25) is 0 Å². The van der Waals surface area contributed by atoms with Gasteiger partial charge in [0.1, 0.15) is 5.58 Å². The van der Waals surface area contributed by atoms with Crippen molar-refractivity contribution in [3.63, 3.8) is 0 Å². The Balaban J connectivity index is 2.28. The monoisotopic (exact) mass is 220 g/mol. The van der Waals surface area contributed by atoms with Crippen molar-refractivity contribution in [1.29, 1.82) is 0 Å². The van der Waals surface area contributed by atoms with Crippen LogP contribution in [0.3, 0.4) is 0 Å². The number of furan rings is 1. The minimum absolute atomic E-state index is 0.0983. The molecule has 16 heavy (non-hydrogen) atoms. The number of hydrogen-bond donors (Lipinski definition) is 3. The summed E-state index contributed by atoms with van der Waals surface area (Å²) < 4.78 is 5.33. The Kier molecular flexibility index (Phi) is 2.78. The van der Waals surface area contributed by atoms with Gasteiger partial charge in [0.15, 0.2) is 5.76 Å². The number of rotatable bonds is 3. The molecule has 0 radical (unpaired) electrons. The molecule has 0 aliphatic carbocycles. The van der Waals surface area contributed by atoms with Crippen LogP contribution < -0.4 is 11.1 Å². The van der Waals surface area contributed by atoms with Crippen molar-refractivity contribution in [1.82, 2.24) is 5.32 Å². The standard InChI is InChI=1S/C11H12N2O3/c12-8-1-2-9-7(5-8)6-10(16-9)11(15)13-3-4-14/h1-2,5-6,14H,3-4,12H2,(H,13,15). The molecule has 5 heteroatoms. The summed E-state index contributed by atoms with van der Waals surface area (Å²) in [6, 6.07) is 6.79. The molecule has 1 aromatic carbocycles. The number of nitrogen functional groups attached to an aromatic ring is 1. The molecule has 0 fully saturated rings. The lowest BCUT2D eigenvalue weighted by molar-refractivity contribution is 0.0919. The summed E-state index contributed by atoms with van der Waals surface area (Å²) in [5, 5.41) is 11.9. The van der Waals surface area contributed by atoms with Crippen LogP contribution in [0.4, 0.5) is 5.69 Å². The molecule has 0 aliphatic rings. The van der Waals surface area contributed by atoms with Gasteiger partial charge in [0.2, 0.25) is 0 Å². The summed E-state index contributed by atoms with van der Waals surface area (Å²) in [6.07, 6.45) is 0. The number of aliphatic hydroxyl groups excluding tert-OH is 1. The van der Waals surface area contributed by atoms with Crippen LogP contribution in [0.25, 0.3) is 11.0 Å². The topological polar surface area (TPSA) is 88.5 Å². The molecule has 4 N–H and O–H groups in total. The second-order valence-corrected chi connectivity index (χ2v) is 3.39. The van der Waals surface area contributed by atoms with Gasteiger partial charge in [-0.3, -0.25) is 4.79 Å². The molecule has 0 spiro atoms. The van der Waals surface area contributed by atoms with E-state index in [1.165, 1.54) is 0 Å². The SMILES string of the molecule is Nc1ccc2oc(C(=O)NCCO)cc2c1. The van der Waals surface area contributed by atoms with Crippen molar-refractivity contribution in [2.75, 3.05) is 18.9 Å². The first-order valence-corrected chi connectivity index (χ1v) is 4.89. The van der Waals surface area contributed by atoms with Crippen molar-refractivity contribution in [2.45, 2.75) is 0 Å². The van der Waals surface area contributed by atoms with E-state index in [-0.39, 0.29) is 24.8 Å². The molecule has 2 aromatic rings. The van der Waals surface area contributed by atoms with Gasteiger partial charge in [-0.25, -0.2) is 0 Å². The number of carbonyl (C=O) groups excluding carboxylic acids is 1. The highest BCUT2D eigenvalue weighted by Crippen LogP contribution is 2.21. The molecule has 2 rings (SSSR count). The van der Waals surface area contributed by atoms with Gasteiger partial charge in [-0.2, -0.15) is 0 Å². The lowest BCUT2D eigenvalue weighted by Crippen LogP contribution is -2.25. The quantitative estimate of drug-likeness (QED) is 0.665. The highest BCUT2D eigenvalue weighted by molar-refractivity contribution is 5.96. The Morgan fingerprint density at radius 2 is 2.25 bits per heavy atom. The van der Waals surface area contributed by atoms with E-state index < -0.39 is 0 Å². The summed E-state index contributed by atoms with van der Waals surface area (Å²) in [5.74, 6) is -0.127. The molecular weight excluding hydrogens is 208 g/mol. The highest BCUT2D eigenvalue weighted by Gasteiger charge is 2.11. The molecule has 1 amide bonds. The van der Waals surface area contributed by atoms with Gasteiger partial charge < -0.3 is 20.6 Å². The van der Waals surface area contributed by atoms with Gasteiger partial charge in [0.05, 0.1) is 6.61 Å². The van der Waals surface area contributed by atoms with E-state index in [0.717, 1.165) is 5.39 Å². The van der Waals surface area contributed by atoms with Crippen LogP contribution in [0.1, 0.15) is 10.6 Å². The summed E-state index contributed by atoms with van der Waals surface area (Å²) in [7, 11) is 0. The first-order valence-electron chi connectivity index (χ1n) is 4.89. The average molecular weight is 220 g/mol.